The standard InChI is InChI=1S/C20H24Cl2N2O4S/c1-14-7-9-16(10-8-14)29(26,27)24(12-20(25)23-15(2)13-28-3)11-17-18(21)5-4-6-19(17)22/h4-10,15H,11-13H2,1-3H3,(H,23,25)/t15-/m0/s1. The van der Waals surface area contributed by atoms with E-state index in [1.54, 1.807) is 37.3 Å². The number of nitrogens with one attached hydrogen (secondary N) is 1. The molecule has 0 fully saturated rings. The summed E-state index contributed by atoms with van der Waals surface area (Å²) in [5.74, 6) is -0.451. The number of aryl methyl sites for hydroxylation is 1. The molecule has 29 heavy (non-hydrogen) atoms. The van der Waals surface area contributed by atoms with E-state index < -0.39 is 15.9 Å². The van der Waals surface area contributed by atoms with E-state index in [2.05, 4.69) is 5.32 Å². The highest BCUT2D eigenvalue weighted by Crippen LogP contribution is 2.28. The second kappa shape index (κ2) is 10.4. The minimum Gasteiger partial charge on any atom is -0.383 e. The van der Waals surface area contributed by atoms with Crippen LogP contribution in [0.2, 0.25) is 10.0 Å². The van der Waals surface area contributed by atoms with E-state index >= 15 is 0 Å². The molecular weight excluding hydrogens is 435 g/mol. The summed E-state index contributed by atoms with van der Waals surface area (Å²) in [4.78, 5) is 12.6. The molecule has 0 saturated carbocycles. The molecule has 0 bridgehead atoms. The van der Waals surface area contributed by atoms with Gasteiger partial charge in [0.2, 0.25) is 15.9 Å². The van der Waals surface area contributed by atoms with Crippen LogP contribution < -0.4 is 5.32 Å². The van der Waals surface area contributed by atoms with Crippen LogP contribution in [0.4, 0.5) is 0 Å². The van der Waals surface area contributed by atoms with Crippen molar-refractivity contribution in [1.82, 2.24) is 9.62 Å². The van der Waals surface area contributed by atoms with Crippen LogP contribution in [0.1, 0.15) is 18.1 Å². The number of halogens is 2. The number of methoxy groups -OCH3 is 1. The van der Waals surface area contributed by atoms with Gasteiger partial charge in [-0.05, 0) is 38.1 Å². The fraction of sp³-hybridized carbons (Fsp3) is 0.350. The number of hydrogen-bond donors (Lipinski definition) is 1. The maximum absolute atomic E-state index is 13.3. The van der Waals surface area contributed by atoms with Crippen molar-refractivity contribution < 1.29 is 17.9 Å². The third kappa shape index (κ3) is 6.42. The first-order valence-corrected chi connectivity index (χ1v) is 11.1. The number of benzene rings is 2. The summed E-state index contributed by atoms with van der Waals surface area (Å²) in [6, 6.07) is 11.1. The molecule has 0 spiro atoms. The maximum atomic E-state index is 13.3. The van der Waals surface area contributed by atoms with Gasteiger partial charge in [-0.1, -0.05) is 47.0 Å². The number of nitrogens with zero attached hydrogens (tertiary/aromatic N) is 1. The lowest BCUT2D eigenvalue weighted by Crippen LogP contribution is -2.44. The van der Waals surface area contributed by atoms with Crippen LogP contribution >= 0.6 is 23.2 Å². The largest absolute Gasteiger partial charge is 0.383 e. The summed E-state index contributed by atoms with van der Waals surface area (Å²) >= 11 is 12.5. The Labute approximate surface area is 181 Å². The molecule has 9 heteroatoms. The smallest absolute Gasteiger partial charge is 0.243 e. The first-order chi connectivity index (χ1) is 13.6. The topological polar surface area (TPSA) is 75.7 Å². The normalized spacial score (nSPS) is 12.8. The molecule has 0 saturated heterocycles. The van der Waals surface area contributed by atoms with E-state index in [0.29, 0.717) is 22.2 Å². The van der Waals surface area contributed by atoms with E-state index in [1.807, 2.05) is 6.92 Å². The Bertz CT molecular complexity index is 929. The van der Waals surface area contributed by atoms with Gasteiger partial charge in [0.05, 0.1) is 18.0 Å². The Hall–Kier alpha value is -1.64. The van der Waals surface area contributed by atoms with Crippen LogP contribution in [0.15, 0.2) is 47.4 Å². The van der Waals surface area contributed by atoms with Crippen molar-refractivity contribution in [2.45, 2.75) is 31.3 Å². The van der Waals surface area contributed by atoms with Crippen molar-refractivity contribution in [3.63, 3.8) is 0 Å². The number of carbonyl (C=O) groups is 1. The molecule has 1 atom stereocenters. The molecule has 158 valence electrons. The summed E-state index contributed by atoms with van der Waals surface area (Å²) < 4.78 is 32.6. The average molecular weight is 459 g/mol. The highest BCUT2D eigenvalue weighted by Gasteiger charge is 2.28. The number of amides is 1. The maximum Gasteiger partial charge on any atom is 0.243 e. The van der Waals surface area contributed by atoms with Crippen molar-refractivity contribution in [3.05, 3.63) is 63.6 Å². The van der Waals surface area contributed by atoms with E-state index in [4.69, 9.17) is 27.9 Å². The Balaban J connectivity index is 2.36. The lowest BCUT2D eigenvalue weighted by Gasteiger charge is -2.24. The SMILES string of the molecule is COC[C@H](C)NC(=O)CN(Cc1c(Cl)cccc1Cl)S(=O)(=O)c1ccc(C)cc1. The van der Waals surface area contributed by atoms with Crippen LogP contribution in [-0.4, -0.2) is 44.9 Å². The van der Waals surface area contributed by atoms with Crippen molar-refractivity contribution in [1.29, 1.82) is 0 Å². The van der Waals surface area contributed by atoms with Gasteiger partial charge in [-0.3, -0.25) is 4.79 Å². The lowest BCUT2D eigenvalue weighted by atomic mass is 10.2. The number of ether oxygens (including phenoxy) is 1. The first kappa shape index (κ1) is 23.6. The van der Waals surface area contributed by atoms with Gasteiger partial charge in [-0.15, -0.1) is 0 Å². The monoisotopic (exact) mass is 458 g/mol. The number of carbonyl (C=O) groups excluding carboxylic acids is 1. The molecule has 1 amide bonds. The highest BCUT2D eigenvalue weighted by atomic mass is 35.5. The Morgan fingerprint density at radius 3 is 2.28 bits per heavy atom. The zero-order valence-electron chi connectivity index (χ0n) is 16.5. The van der Waals surface area contributed by atoms with E-state index in [9.17, 15) is 13.2 Å². The molecule has 2 aromatic rings. The Kier molecular flexibility index (Phi) is 8.48. The molecule has 0 aliphatic rings. The molecule has 6 nitrogen and oxygen atoms in total. The van der Waals surface area contributed by atoms with Crippen LogP contribution in [0.25, 0.3) is 0 Å². The van der Waals surface area contributed by atoms with Crippen LogP contribution in [0, 0.1) is 6.92 Å². The highest BCUT2D eigenvalue weighted by molar-refractivity contribution is 7.89. The van der Waals surface area contributed by atoms with Gasteiger partial charge in [0.1, 0.15) is 0 Å². The molecule has 2 rings (SSSR count). The molecule has 0 heterocycles. The van der Waals surface area contributed by atoms with Crippen LogP contribution in [0.3, 0.4) is 0 Å². The van der Waals surface area contributed by atoms with E-state index in [1.165, 1.54) is 19.2 Å². The van der Waals surface area contributed by atoms with Gasteiger partial charge < -0.3 is 10.1 Å². The third-order valence-corrected chi connectivity index (χ3v) is 6.71. The average Bonchev–Trinajstić information content (AvgIpc) is 2.64. The molecule has 0 radical (unpaired) electrons. The summed E-state index contributed by atoms with van der Waals surface area (Å²) in [7, 11) is -2.44. The van der Waals surface area contributed by atoms with Gasteiger partial charge in [-0.2, -0.15) is 4.31 Å². The van der Waals surface area contributed by atoms with E-state index in [-0.39, 0.29) is 24.0 Å². The van der Waals surface area contributed by atoms with E-state index in [0.717, 1.165) is 9.87 Å². The quantitative estimate of drug-likeness (QED) is 0.621. The Morgan fingerprint density at radius 2 is 1.72 bits per heavy atom. The summed E-state index contributed by atoms with van der Waals surface area (Å²) in [6.07, 6.45) is 0. The first-order valence-electron chi connectivity index (χ1n) is 8.93. The molecule has 2 aromatic carbocycles. The van der Waals surface area contributed by atoms with Gasteiger partial charge in [-0.25, -0.2) is 8.42 Å². The van der Waals surface area contributed by atoms with Crippen molar-refractivity contribution in [2.24, 2.45) is 0 Å². The summed E-state index contributed by atoms with van der Waals surface area (Å²) in [6.45, 7) is 3.42. The van der Waals surface area contributed by atoms with Crippen LogP contribution in [0.5, 0.6) is 0 Å². The van der Waals surface area contributed by atoms with Gasteiger partial charge >= 0.3 is 0 Å². The zero-order valence-corrected chi connectivity index (χ0v) is 18.8. The minimum atomic E-state index is -3.97. The van der Waals surface area contributed by atoms with Gasteiger partial charge in [0.25, 0.3) is 0 Å². The van der Waals surface area contributed by atoms with Gasteiger partial charge in [0, 0.05) is 35.3 Å². The predicted molar refractivity (Wildman–Crippen MR) is 115 cm³/mol. The molecule has 0 aliphatic heterocycles. The minimum absolute atomic E-state index is 0.0871. The molecule has 1 N–H and O–H groups in total. The summed E-state index contributed by atoms with van der Waals surface area (Å²) in [5.41, 5.74) is 1.36. The van der Waals surface area contributed by atoms with Gasteiger partial charge in [0.15, 0.2) is 0 Å². The second-order valence-electron chi connectivity index (χ2n) is 6.71. The predicted octanol–water partition coefficient (Wildman–Crippen LogP) is 3.64. The fourth-order valence-corrected chi connectivity index (χ4v) is 4.60. The lowest BCUT2D eigenvalue weighted by molar-refractivity contribution is -0.122. The molecule has 0 unspecified atom stereocenters. The fourth-order valence-electron chi connectivity index (χ4n) is 2.72. The number of sulfonamides is 1. The zero-order chi connectivity index (χ0) is 21.6. The third-order valence-electron chi connectivity index (χ3n) is 4.20. The molecule has 0 aromatic heterocycles. The second-order valence-corrected chi connectivity index (χ2v) is 9.46. The van der Waals surface area contributed by atoms with Crippen LogP contribution in [-0.2, 0) is 26.1 Å². The van der Waals surface area contributed by atoms with Crippen molar-refractivity contribution in [3.8, 4) is 0 Å². The van der Waals surface area contributed by atoms with Crippen molar-refractivity contribution in [2.75, 3.05) is 20.3 Å². The van der Waals surface area contributed by atoms with Crippen molar-refractivity contribution >= 4 is 39.1 Å². The number of hydrogen-bond acceptors (Lipinski definition) is 4. The molecule has 0 aliphatic carbocycles. The summed E-state index contributed by atoms with van der Waals surface area (Å²) in [5, 5.41) is 3.38. The Morgan fingerprint density at radius 1 is 1.14 bits per heavy atom. The number of rotatable bonds is 9. The molecular formula is C20H24Cl2N2O4S.